The van der Waals surface area contributed by atoms with Crippen LogP contribution in [0.15, 0.2) is 49.1 Å². The van der Waals surface area contributed by atoms with Gasteiger partial charge < -0.3 is 5.32 Å². The second-order valence-electron chi connectivity index (χ2n) is 4.68. The molecule has 0 unspecified atom stereocenters. The number of anilines is 1. The molecule has 0 aliphatic heterocycles. The van der Waals surface area contributed by atoms with Gasteiger partial charge in [-0.1, -0.05) is 6.07 Å². The molecule has 6 nitrogen and oxygen atoms in total. The summed E-state index contributed by atoms with van der Waals surface area (Å²) in [5, 5.41) is 6.40. The zero-order valence-corrected chi connectivity index (χ0v) is 12.1. The van der Waals surface area contributed by atoms with E-state index < -0.39 is 0 Å². The first-order valence-electron chi connectivity index (χ1n) is 6.98. The second-order valence-corrected chi connectivity index (χ2v) is 4.68. The van der Waals surface area contributed by atoms with E-state index in [0.29, 0.717) is 12.4 Å². The fourth-order valence-electron chi connectivity index (χ4n) is 2.17. The van der Waals surface area contributed by atoms with Gasteiger partial charge >= 0.3 is 6.03 Å². The first-order valence-corrected chi connectivity index (χ1v) is 6.98. The Bertz CT molecular complexity index is 804. The number of carbonyl (C=O) groups excluding carboxylic acids is 1. The minimum Gasteiger partial charge on any atom is -0.338 e. The molecule has 3 aromatic heterocycles. The molecule has 0 aromatic carbocycles. The molecule has 0 fully saturated rings. The summed E-state index contributed by atoms with van der Waals surface area (Å²) in [6.07, 6.45) is 6.87. The van der Waals surface area contributed by atoms with Crippen LogP contribution in [0.4, 0.5) is 10.6 Å². The maximum atomic E-state index is 11.8. The Hall–Kier alpha value is -3.02. The van der Waals surface area contributed by atoms with Crippen LogP contribution < -0.4 is 10.6 Å². The smallest absolute Gasteiger partial charge is 0.320 e. The molecule has 110 valence electrons. The Balaban J connectivity index is 2.12. The quantitative estimate of drug-likeness (QED) is 0.778. The number of pyridine rings is 3. The molecule has 0 aliphatic carbocycles. The fraction of sp³-hybridized carbons (Fsp3) is 0.125. The SMILES string of the molecule is CCNC(=O)Nc1nc2ccncc2cc1-c1cccnc1. The van der Waals surface area contributed by atoms with Gasteiger partial charge in [0.25, 0.3) is 0 Å². The van der Waals surface area contributed by atoms with E-state index in [1.807, 2.05) is 31.2 Å². The highest BCUT2D eigenvalue weighted by atomic mass is 16.2. The van der Waals surface area contributed by atoms with Crippen molar-refractivity contribution in [1.29, 1.82) is 0 Å². The number of amides is 2. The monoisotopic (exact) mass is 293 g/mol. The topological polar surface area (TPSA) is 79.8 Å². The summed E-state index contributed by atoms with van der Waals surface area (Å²) in [6.45, 7) is 2.41. The molecule has 0 radical (unpaired) electrons. The van der Waals surface area contributed by atoms with Crippen LogP contribution in [0.25, 0.3) is 22.0 Å². The van der Waals surface area contributed by atoms with Crippen molar-refractivity contribution >= 4 is 22.8 Å². The molecule has 22 heavy (non-hydrogen) atoms. The molecule has 6 heteroatoms. The molecule has 2 amide bonds. The van der Waals surface area contributed by atoms with E-state index in [0.717, 1.165) is 22.0 Å². The highest BCUT2D eigenvalue weighted by Gasteiger charge is 2.12. The summed E-state index contributed by atoms with van der Waals surface area (Å²) >= 11 is 0. The number of fused-ring (bicyclic) bond motifs is 1. The van der Waals surface area contributed by atoms with Gasteiger partial charge in [0, 0.05) is 47.8 Å². The molecule has 0 atom stereocenters. The Labute approximate surface area is 127 Å². The molecule has 2 N–H and O–H groups in total. The molecule has 3 heterocycles. The lowest BCUT2D eigenvalue weighted by molar-refractivity contribution is 0.252. The number of carbonyl (C=O) groups is 1. The lowest BCUT2D eigenvalue weighted by Crippen LogP contribution is -2.28. The maximum Gasteiger partial charge on any atom is 0.320 e. The Morgan fingerprint density at radius 3 is 2.82 bits per heavy atom. The predicted molar refractivity (Wildman–Crippen MR) is 85.5 cm³/mol. The van der Waals surface area contributed by atoms with E-state index in [9.17, 15) is 4.79 Å². The van der Waals surface area contributed by atoms with Crippen molar-refractivity contribution < 1.29 is 4.79 Å². The van der Waals surface area contributed by atoms with Crippen LogP contribution >= 0.6 is 0 Å². The lowest BCUT2D eigenvalue weighted by Gasteiger charge is -2.12. The van der Waals surface area contributed by atoms with Gasteiger partial charge in [0.15, 0.2) is 0 Å². The number of urea groups is 1. The van der Waals surface area contributed by atoms with E-state index in [4.69, 9.17) is 0 Å². The molecule has 0 bridgehead atoms. The Kier molecular flexibility index (Phi) is 3.91. The van der Waals surface area contributed by atoms with Crippen LogP contribution in [-0.4, -0.2) is 27.5 Å². The van der Waals surface area contributed by atoms with E-state index in [1.165, 1.54) is 0 Å². The number of nitrogens with zero attached hydrogens (tertiary/aromatic N) is 3. The van der Waals surface area contributed by atoms with Crippen molar-refractivity contribution in [3.05, 3.63) is 49.1 Å². The molecular formula is C16H15N5O. The number of hydrogen-bond donors (Lipinski definition) is 2. The first-order chi connectivity index (χ1) is 10.8. The van der Waals surface area contributed by atoms with Crippen molar-refractivity contribution in [2.24, 2.45) is 0 Å². The summed E-state index contributed by atoms with van der Waals surface area (Å²) in [6, 6.07) is 7.25. The lowest BCUT2D eigenvalue weighted by atomic mass is 10.1. The molecule has 3 rings (SSSR count). The van der Waals surface area contributed by atoms with Crippen molar-refractivity contribution in [3.8, 4) is 11.1 Å². The third kappa shape index (κ3) is 2.85. The Morgan fingerprint density at radius 1 is 1.18 bits per heavy atom. The van der Waals surface area contributed by atoms with Gasteiger partial charge in [-0.05, 0) is 25.1 Å². The van der Waals surface area contributed by atoms with Gasteiger partial charge in [0.2, 0.25) is 0 Å². The van der Waals surface area contributed by atoms with Gasteiger partial charge in [-0.15, -0.1) is 0 Å². The number of rotatable bonds is 3. The second kappa shape index (κ2) is 6.17. The van der Waals surface area contributed by atoms with Crippen LogP contribution in [0, 0.1) is 0 Å². The molecule has 0 spiro atoms. The summed E-state index contributed by atoms with van der Waals surface area (Å²) in [4.78, 5) is 24.6. The van der Waals surface area contributed by atoms with Crippen LogP contribution in [0.1, 0.15) is 6.92 Å². The first kappa shape index (κ1) is 13.9. The molecule has 3 aromatic rings. The molecular weight excluding hydrogens is 278 g/mol. The van der Waals surface area contributed by atoms with E-state index >= 15 is 0 Å². The summed E-state index contributed by atoms with van der Waals surface area (Å²) in [5.41, 5.74) is 2.46. The van der Waals surface area contributed by atoms with E-state index in [-0.39, 0.29) is 6.03 Å². The summed E-state index contributed by atoms with van der Waals surface area (Å²) < 4.78 is 0. The van der Waals surface area contributed by atoms with Gasteiger partial charge in [-0.25, -0.2) is 9.78 Å². The third-order valence-corrected chi connectivity index (χ3v) is 3.16. The predicted octanol–water partition coefficient (Wildman–Crippen LogP) is 2.83. The highest BCUT2D eigenvalue weighted by Crippen LogP contribution is 2.29. The zero-order chi connectivity index (χ0) is 15.4. The minimum atomic E-state index is -0.284. The summed E-state index contributed by atoms with van der Waals surface area (Å²) in [5.74, 6) is 0.498. The summed E-state index contributed by atoms with van der Waals surface area (Å²) in [7, 11) is 0. The molecule has 0 saturated heterocycles. The number of hydrogen-bond acceptors (Lipinski definition) is 4. The molecule has 0 aliphatic rings. The van der Waals surface area contributed by atoms with Gasteiger partial charge in [-0.3, -0.25) is 15.3 Å². The minimum absolute atomic E-state index is 0.284. The van der Waals surface area contributed by atoms with Crippen molar-refractivity contribution in [2.75, 3.05) is 11.9 Å². The number of aromatic nitrogens is 3. The van der Waals surface area contributed by atoms with E-state index in [2.05, 4.69) is 25.6 Å². The Morgan fingerprint density at radius 2 is 2.05 bits per heavy atom. The highest BCUT2D eigenvalue weighted by molar-refractivity contribution is 5.96. The van der Waals surface area contributed by atoms with Gasteiger partial charge in [0.05, 0.1) is 5.52 Å². The van der Waals surface area contributed by atoms with Crippen molar-refractivity contribution in [1.82, 2.24) is 20.3 Å². The van der Waals surface area contributed by atoms with Gasteiger partial charge in [-0.2, -0.15) is 0 Å². The average molecular weight is 293 g/mol. The maximum absolute atomic E-state index is 11.8. The van der Waals surface area contributed by atoms with Crippen LogP contribution in [-0.2, 0) is 0 Å². The van der Waals surface area contributed by atoms with Crippen molar-refractivity contribution in [2.45, 2.75) is 6.92 Å². The van der Waals surface area contributed by atoms with Crippen molar-refractivity contribution in [3.63, 3.8) is 0 Å². The standard InChI is InChI=1S/C16H15N5O/c1-2-19-16(22)21-15-13(11-4-3-6-17-9-11)8-12-10-18-7-5-14(12)20-15/h3-10H,2H2,1H3,(H2,19,20,21,22). The van der Waals surface area contributed by atoms with E-state index in [1.54, 1.807) is 24.8 Å². The largest absolute Gasteiger partial charge is 0.338 e. The average Bonchev–Trinajstić information content (AvgIpc) is 2.55. The van der Waals surface area contributed by atoms with Crippen LogP contribution in [0.5, 0.6) is 0 Å². The van der Waals surface area contributed by atoms with Crippen LogP contribution in [0.2, 0.25) is 0 Å². The van der Waals surface area contributed by atoms with Crippen LogP contribution in [0.3, 0.4) is 0 Å². The third-order valence-electron chi connectivity index (χ3n) is 3.16. The number of nitrogens with one attached hydrogen (secondary N) is 2. The zero-order valence-electron chi connectivity index (χ0n) is 12.1. The normalized spacial score (nSPS) is 10.4. The molecule has 0 saturated carbocycles. The van der Waals surface area contributed by atoms with Gasteiger partial charge in [0.1, 0.15) is 5.82 Å². The fourth-order valence-corrected chi connectivity index (χ4v) is 2.17.